The molecular formula is C17H24N2O2. The normalized spacial score (nSPS) is 18.0. The molecule has 0 spiro atoms. The molecular weight excluding hydrogens is 264 g/mol. The van der Waals surface area contributed by atoms with E-state index < -0.39 is 0 Å². The molecule has 1 atom stereocenters. The number of ether oxygens (including phenoxy) is 1. The smallest absolute Gasteiger partial charge is 0.254 e. The van der Waals surface area contributed by atoms with Crippen molar-refractivity contribution in [1.29, 1.82) is 0 Å². The summed E-state index contributed by atoms with van der Waals surface area (Å²) < 4.78 is 5.18. The van der Waals surface area contributed by atoms with Gasteiger partial charge in [-0.2, -0.15) is 0 Å². The van der Waals surface area contributed by atoms with Crippen LogP contribution in [-0.2, 0) is 11.2 Å². The molecule has 4 nitrogen and oxygen atoms in total. The van der Waals surface area contributed by atoms with Gasteiger partial charge in [0.15, 0.2) is 0 Å². The molecule has 1 saturated carbocycles. The SMILES string of the molecule is COCCN(C(=O)c1ccc2c(c1)CCN2)C(C)C1CC1. The first-order valence-corrected chi connectivity index (χ1v) is 7.87. The first-order chi connectivity index (χ1) is 10.2. The van der Waals surface area contributed by atoms with Crippen LogP contribution in [0.5, 0.6) is 0 Å². The molecule has 4 heteroatoms. The van der Waals surface area contributed by atoms with Gasteiger partial charge >= 0.3 is 0 Å². The number of hydrogen-bond acceptors (Lipinski definition) is 3. The van der Waals surface area contributed by atoms with E-state index in [-0.39, 0.29) is 5.91 Å². The van der Waals surface area contributed by atoms with Crippen molar-refractivity contribution in [2.45, 2.75) is 32.2 Å². The van der Waals surface area contributed by atoms with Crippen molar-refractivity contribution < 1.29 is 9.53 Å². The molecule has 3 rings (SSSR count). The summed E-state index contributed by atoms with van der Waals surface area (Å²) >= 11 is 0. The Labute approximate surface area is 126 Å². The zero-order valence-corrected chi connectivity index (χ0v) is 12.9. The number of anilines is 1. The number of rotatable bonds is 6. The number of carbonyl (C=O) groups is 1. The summed E-state index contributed by atoms with van der Waals surface area (Å²) in [5.41, 5.74) is 3.23. The molecule has 0 bridgehead atoms. The molecule has 1 unspecified atom stereocenters. The number of nitrogens with zero attached hydrogens (tertiary/aromatic N) is 1. The van der Waals surface area contributed by atoms with Crippen molar-refractivity contribution in [2.24, 2.45) is 5.92 Å². The summed E-state index contributed by atoms with van der Waals surface area (Å²) in [4.78, 5) is 14.9. The Balaban J connectivity index is 1.78. The van der Waals surface area contributed by atoms with Gasteiger partial charge in [-0.15, -0.1) is 0 Å². The van der Waals surface area contributed by atoms with Gasteiger partial charge in [-0.1, -0.05) is 0 Å². The largest absolute Gasteiger partial charge is 0.384 e. The number of fused-ring (bicyclic) bond motifs is 1. The van der Waals surface area contributed by atoms with Crippen molar-refractivity contribution in [3.63, 3.8) is 0 Å². The third-order valence-corrected chi connectivity index (χ3v) is 4.66. The van der Waals surface area contributed by atoms with Crippen molar-refractivity contribution in [2.75, 3.05) is 32.1 Å². The Hall–Kier alpha value is -1.55. The molecule has 114 valence electrons. The average Bonchev–Trinajstić information content (AvgIpc) is 3.24. The van der Waals surface area contributed by atoms with Crippen molar-refractivity contribution in [3.05, 3.63) is 29.3 Å². The molecule has 0 radical (unpaired) electrons. The maximum Gasteiger partial charge on any atom is 0.254 e. The lowest BCUT2D eigenvalue weighted by Crippen LogP contribution is -2.42. The van der Waals surface area contributed by atoms with E-state index in [1.807, 2.05) is 17.0 Å². The van der Waals surface area contributed by atoms with Crippen LogP contribution in [0.1, 0.15) is 35.7 Å². The van der Waals surface area contributed by atoms with Gasteiger partial charge in [-0.05, 0) is 55.9 Å². The van der Waals surface area contributed by atoms with E-state index in [1.165, 1.54) is 24.1 Å². The van der Waals surface area contributed by atoms with Crippen LogP contribution < -0.4 is 5.32 Å². The van der Waals surface area contributed by atoms with Crippen LogP contribution in [-0.4, -0.2) is 43.7 Å². The van der Waals surface area contributed by atoms with E-state index in [9.17, 15) is 4.79 Å². The predicted molar refractivity (Wildman–Crippen MR) is 83.7 cm³/mol. The zero-order chi connectivity index (χ0) is 14.8. The molecule has 1 amide bonds. The summed E-state index contributed by atoms with van der Waals surface area (Å²) in [6, 6.07) is 6.33. The highest BCUT2D eigenvalue weighted by Gasteiger charge is 2.34. The van der Waals surface area contributed by atoms with Crippen LogP contribution in [0.25, 0.3) is 0 Å². The van der Waals surface area contributed by atoms with Crippen molar-refractivity contribution in [3.8, 4) is 0 Å². The number of methoxy groups -OCH3 is 1. The van der Waals surface area contributed by atoms with Crippen LogP contribution in [0.3, 0.4) is 0 Å². The lowest BCUT2D eigenvalue weighted by Gasteiger charge is -2.29. The molecule has 1 heterocycles. The van der Waals surface area contributed by atoms with E-state index in [2.05, 4.69) is 18.3 Å². The van der Waals surface area contributed by atoms with Crippen LogP contribution in [0.15, 0.2) is 18.2 Å². The molecule has 2 aliphatic rings. The Morgan fingerprint density at radius 2 is 2.29 bits per heavy atom. The van der Waals surface area contributed by atoms with E-state index in [0.717, 1.165) is 18.5 Å². The van der Waals surface area contributed by atoms with E-state index >= 15 is 0 Å². The molecule has 1 aliphatic heterocycles. The average molecular weight is 288 g/mol. The van der Waals surface area contributed by atoms with Gasteiger partial charge in [0.2, 0.25) is 0 Å². The molecule has 1 aliphatic carbocycles. The summed E-state index contributed by atoms with van der Waals surface area (Å²) in [5, 5.41) is 3.34. The highest BCUT2D eigenvalue weighted by Crippen LogP contribution is 2.35. The Kier molecular flexibility index (Phi) is 4.15. The van der Waals surface area contributed by atoms with Gasteiger partial charge < -0.3 is 15.0 Å². The number of carbonyl (C=O) groups excluding carboxylic acids is 1. The predicted octanol–water partition coefficient (Wildman–Crippen LogP) is 2.54. The maximum absolute atomic E-state index is 12.9. The molecule has 0 saturated heterocycles. The quantitative estimate of drug-likeness (QED) is 0.874. The first kappa shape index (κ1) is 14.4. The van der Waals surface area contributed by atoms with Crippen molar-refractivity contribution in [1.82, 2.24) is 4.90 Å². The summed E-state index contributed by atoms with van der Waals surface area (Å²) in [6.07, 6.45) is 3.49. The van der Waals surface area contributed by atoms with E-state index in [0.29, 0.717) is 25.1 Å². The summed E-state index contributed by atoms with van der Waals surface area (Å²) in [5.74, 6) is 0.808. The Bertz CT molecular complexity index is 526. The fraction of sp³-hybridized carbons (Fsp3) is 0.588. The minimum absolute atomic E-state index is 0.140. The standard InChI is InChI=1S/C17H24N2O2/c1-12(13-3-4-13)19(9-10-21-2)17(20)15-5-6-16-14(11-15)7-8-18-16/h5-6,11-13,18H,3-4,7-10H2,1-2H3. The Morgan fingerprint density at radius 1 is 1.48 bits per heavy atom. The van der Waals surface area contributed by atoms with Crippen LogP contribution in [0, 0.1) is 5.92 Å². The van der Waals surface area contributed by atoms with E-state index in [1.54, 1.807) is 7.11 Å². The minimum Gasteiger partial charge on any atom is -0.384 e. The van der Waals surface area contributed by atoms with Gasteiger partial charge in [0.1, 0.15) is 0 Å². The zero-order valence-electron chi connectivity index (χ0n) is 12.9. The second-order valence-corrected chi connectivity index (χ2v) is 6.12. The number of benzene rings is 1. The number of hydrogen-bond donors (Lipinski definition) is 1. The van der Waals surface area contributed by atoms with Gasteiger partial charge in [0, 0.05) is 37.5 Å². The monoisotopic (exact) mass is 288 g/mol. The first-order valence-electron chi connectivity index (χ1n) is 7.87. The molecule has 1 N–H and O–H groups in total. The molecule has 21 heavy (non-hydrogen) atoms. The summed E-state index contributed by atoms with van der Waals surface area (Å²) in [7, 11) is 1.69. The second kappa shape index (κ2) is 6.06. The fourth-order valence-corrected chi connectivity index (χ4v) is 3.12. The number of amides is 1. The Morgan fingerprint density at radius 3 is 3.00 bits per heavy atom. The lowest BCUT2D eigenvalue weighted by atomic mass is 10.1. The lowest BCUT2D eigenvalue weighted by molar-refractivity contribution is 0.0594. The topological polar surface area (TPSA) is 41.6 Å². The van der Waals surface area contributed by atoms with E-state index in [4.69, 9.17) is 4.74 Å². The summed E-state index contributed by atoms with van der Waals surface area (Å²) in [6.45, 7) is 4.40. The van der Waals surface area contributed by atoms with Crippen molar-refractivity contribution >= 4 is 11.6 Å². The van der Waals surface area contributed by atoms with Crippen LogP contribution >= 0.6 is 0 Å². The molecule has 1 aromatic carbocycles. The van der Waals surface area contributed by atoms with Gasteiger partial charge in [0.05, 0.1) is 6.61 Å². The second-order valence-electron chi connectivity index (χ2n) is 6.12. The number of nitrogens with one attached hydrogen (secondary N) is 1. The van der Waals surface area contributed by atoms with Crippen LogP contribution in [0.2, 0.25) is 0 Å². The van der Waals surface area contributed by atoms with Gasteiger partial charge in [-0.3, -0.25) is 4.79 Å². The third-order valence-electron chi connectivity index (χ3n) is 4.66. The van der Waals surface area contributed by atoms with Gasteiger partial charge in [0.25, 0.3) is 5.91 Å². The minimum atomic E-state index is 0.140. The highest BCUT2D eigenvalue weighted by molar-refractivity contribution is 5.95. The van der Waals surface area contributed by atoms with Gasteiger partial charge in [-0.25, -0.2) is 0 Å². The molecule has 1 fully saturated rings. The molecule has 0 aromatic heterocycles. The molecule has 1 aromatic rings. The highest BCUT2D eigenvalue weighted by atomic mass is 16.5. The maximum atomic E-state index is 12.9. The fourth-order valence-electron chi connectivity index (χ4n) is 3.12. The van der Waals surface area contributed by atoms with Crippen LogP contribution in [0.4, 0.5) is 5.69 Å². The third kappa shape index (κ3) is 3.05.